The molecule has 1 aromatic heterocycles. The summed E-state index contributed by atoms with van der Waals surface area (Å²) >= 11 is 0. The Morgan fingerprint density at radius 2 is 1.96 bits per heavy atom. The molecule has 2 N–H and O–H groups in total. The third-order valence-electron chi connectivity index (χ3n) is 4.15. The van der Waals surface area contributed by atoms with E-state index < -0.39 is 0 Å². The van der Waals surface area contributed by atoms with Crippen LogP contribution in [-0.4, -0.2) is 29.8 Å². The molecule has 1 fully saturated rings. The number of piperidine rings is 1. The van der Waals surface area contributed by atoms with Gasteiger partial charge in [0, 0.05) is 18.5 Å². The van der Waals surface area contributed by atoms with Crippen molar-refractivity contribution in [1.82, 2.24) is 10.3 Å². The average Bonchev–Trinajstić information content (AvgIpc) is 2.53. The van der Waals surface area contributed by atoms with Crippen molar-refractivity contribution in [3.63, 3.8) is 0 Å². The van der Waals surface area contributed by atoms with Crippen LogP contribution in [0.15, 0.2) is 24.3 Å². The molecule has 5 heteroatoms. The van der Waals surface area contributed by atoms with Crippen LogP contribution in [0.25, 0.3) is 10.9 Å². The molecule has 23 heavy (non-hydrogen) atoms. The molecule has 5 nitrogen and oxygen atoms in total. The van der Waals surface area contributed by atoms with E-state index in [1.54, 1.807) is 6.92 Å². The van der Waals surface area contributed by atoms with Crippen molar-refractivity contribution in [2.75, 3.05) is 18.0 Å². The minimum Gasteiger partial charge on any atom is -0.356 e. The number of hydrogen-bond donors (Lipinski definition) is 2. The fraction of sp³-hybridized carbons (Fsp3) is 0.389. The summed E-state index contributed by atoms with van der Waals surface area (Å²) in [5, 5.41) is 11.1. The Hall–Kier alpha value is -2.43. The maximum atomic E-state index is 12.5. The molecule has 0 bridgehead atoms. The first kappa shape index (κ1) is 15.5. The van der Waals surface area contributed by atoms with Crippen molar-refractivity contribution in [1.29, 1.82) is 5.41 Å². The van der Waals surface area contributed by atoms with Gasteiger partial charge in [0.1, 0.15) is 5.82 Å². The fourth-order valence-corrected chi connectivity index (χ4v) is 3.04. The topological polar surface area (TPSA) is 69.1 Å². The number of amides is 1. The molecule has 2 heterocycles. The molecule has 2 aromatic rings. The van der Waals surface area contributed by atoms with E-state index in [1.165, 1.54) is 6.42 Å². The van der Waals surface area contributed by atoms with Gasteiger partial charge in [0.15, 0.2) is 0 Å². The first-order valence-corrected chi connectivity index (χ1v) is 8.07. The molecule has 0 aliphatic carbocycles. The Morgan fingerprint density at radius 3 is 2.65 bits per heavy atom. The third kappa shape index (κ3) is 3.33. The highest BCUT2D eigenvalue weighted by Crippen LogP contribution is 2.26. The van der Waals surface area contributed by atoms with Crippen molar-refractivity contribution < 1.29 is 4.79 Å². The lowest BCUT2D eigenvalue weighted by Gasteiger charge is -2.29. The number of aromatic nitrogens is 1. The predicted molar refractivity (Wildman–Crippen MR) is 93.4 cm³/mol. The Balaban J connectivity index is 2.11. The average molecular weight is 310 g/mol. The second-order valence-corrected chi connectivity index (χ2v) is 6.18. The Bertz CT molecular complexity index is 763. The molecule has 1 aliphatic heterocycles. The zero-order chi connectivity index (χ0) is 16.4. The van der Waals surface area contributed by atoms with E-state index in [0.717, 1.165) is 48.2 Å². The summed E-state index contributed by atoms with van der Waals surface area (Å²) in [6, 6.07) is 7.98. The molecule has 1 amide bonds. The Morgan fingerprint density at radius 1 is 1.22 bits per heavy atom. The lowest BCUT2D eigenvalue weighted by Crippen LogP contribution is -2.34. The number of nitrogens with zero attached hydrogens (tertiary/aromatic N) is 2. The van der Waals surface area contributed by atoms with E-state index in [-0.39, 0.29) is 11.7 Å². The van der Waals surface area contributed by atoms with E-state index >= 15 is 0 Å². The molecule has 3 rings (SSSR count). The van der Waals surface area contributed by atoms with Crippen LogP contribution in [0, 0.1) is 12.3 Å². The van der Waals surface area contributed by atoms with E-state index in [9.17, 15) is 4.79 Å². The van der Waals surface area contributed by atoms with Crippen LogP contribution >= 0.6 is 0 Å². The summed E-state index contributed by atoms with van der Waals surface area (Å²) in [6.45, 7) is 5.44. The minimum atomic E-state index is -0.256. The van der Waals surface area contributed by atoms with Crippen LogP contribution in [0.3, 0.4) is 0 Å². The van der Waals surface area contributed by atoms with Gasteiger partial charge in [0.05, 0.1) is 16.9 Å². The van der Waals surface area contributed by atoms with Crippen LogP contribution in [0.1, 0.15) is 42.1 Å². The minimum absolute atomic E-state index is 0.143. The highest BCUT2D eigenvalue weighted by Gasteiger charge is 2.21. The number of pyridine rings is 1. The number of aryl methyl sites for hydroxylation is 1. The van der Waals surface area contributed by atoms with E-state index in [0.29, 0.717) is 5.56 Å². The summed E-state index contributed by atoms with van der Waals surface area (Å²) in [6.07, 6.45) is 3.47. The maximum absolute atomic E-state index is 12.5. The summed E-state index contributed by atoms with van der Waals surface area (Å²) in [4.78, 5) is 19.5. The zero-order valence-corrected chi connectivity index (χ0v) is 13.6. The van der Waals surface area contributed by atoms with Crippen LogP contribution in [0.5, 0.6) is 0 Å². The van der Waals surface area contributed by atoms with E-state index in [2.05, 4.69) is 10.2 Å². The number of nitrogens with one attached hydrogen (secondary N) is 2. The smallest absolute Gasteiger partial charge is 0.260 e. The fourth-order valence-electron chi connectivity index (χ4n) is 3.04. The molecule has 0 radical (unpaired) electrons. The normalized spacial score (nSPS) is 14.8. The number of hydrogen-bond acceptors (Lipinski definition) is 4. The Labute approximate surface area is 136 Å². The molecule has 0 saturated carbocycles. The molecule has 0 unspecified atom stereocenters. The molecule has 1 aliphatic rings. The highest BCUT2D eigenvalue weighted by atomic mass is 16.1. The van der Waals surface area contributed by atoms with Crippen molar-refractivity contribution in [3.8, 4) is 0 Å². The quantitative estimate of drug-likeness (QED) is 0.661. The predicted octanol–water partition coefficient (Wildman–Crippen LogP) is 3.26. The zero-order valence-electron chi connectivity index (χ0n) is 13.6. The monoisotopic (exact) mass is 310 g/mol. The van der Waals surface area contributed by atoms with Crippen molar-refractivity contribution in [2.45, 2.75) is 33.1 Å². The first-order chi connectivity index (χ1) is 11.0. The van der Waals surface area contributed by atoms with Crippen molar-refractivity contribution >= 4 is 28.5 Å². The van der Waals surface area contributed by atoms with Gasteiger partial charge in [-0.15, -0.1) is 0 Å². The number of carbonyl (C=O) groups is 1. The second-order valence-electron chi connectivity index (χ2n) is 6.18. The van der Waals surface area contributed by atoms with Gasteiger partial charge in [-0.25, -0.2) is 4.98 Å². The Kier molecular flexibility index (Phi) is 4.28. The van der Waals surface area contributed by atoms with Gasteiger partial charge in [-0.1, -0.05) is 11.6 Å². The number of amidine groups is 1. The lowest BCUT2D eigenvalue weighted by atomic mass is 10.1. The summed E-state index contributed by atoms with van der Waals surface area (Å²) in [5.41, 5.74) is 2.59. The van der Waals surface area contributed by atoms with Gasteiger partial charge >= 0.3 is 0 Å². The van der Waals surface area contributed by atoms with Crippen molar-refractivity contribution in [3.05, 3.63) is 35.4 Å². The largest absolute Gasteiger partial charge is 0.356 e. The summed E-state index contributed by atoms with van der Waals surface area (Å²) < 4.78 is 0. The second kappa shape index (κ2) is 6.36. The molecule has 0 spiro atoms. The van der Waals surface area contributed by atoms with E-state index in [1.807, 2.05) is 31.2 Å². The van der Waals surface area contributed by atoms with Crippen LogP contribution in [0.4, 0.5) is 5.82 Å². The number of rotatable bonds is 2. The lowest BCUT2D eigenvalue weighted by molar-refractivity contribution is 0.0977. The third-order valence-corrected chi connectivity index (χ3v) is 4.15. The number of anilines is 1. The van der Waals surface area contributed by atoms with E-state index in [4.69, 9.17) is 10.4 Å². The number of benzene rings is 1. The molecule has 0 atom stereocenters. The van der Waals surface area contributed by atoms with Gasteiger partial charge in [-0.2, -0.15) is 0 Å². The van der Waals surface area contributed by atoms with Gasteiger partial charge < -0.3 is 10.2 Å². The molecular weight excluding hydrogens is 288 g/mol. The van der Waals surface area contributed by atoms with Crippen molar-refractivity contribution in [2.24, 2.45) is 0 Å². The maximum Gasteiger partial charge on any atom is 0.260 e. The van der Waals surface area contributed by atoms with Crippen LogP contribution in [-0.2, 0) is 0 Å². The van der Waals surface area contributed by atoms with Gasteiger partial charge in [-0.3, -0.25) is 10.2 Å². The van der Waals surface area contributed by atoms with Gasteiger partial charge in [0.2, 0.25) is 0 Å². The molecule has 1 saturated heterocycles. The van der Waals surface area contributed by atoms with Crippen LogP contribution < -0.4 is 10.2 Å². The van der Waals surface area contributed by atoms with Crippen LogP contribution in [0.2, 0.25) is 0 Å². The summed E-state index contributed by atoms with van der Waals surface area (Å²) in [5.74, 6) is 0.623. The van der Waals surface area contributed by atoms with Gasteiger partial charge in [0.25, 0.3) is 5.91 Å². The standard InChI is InChI=1S/C18H22N4O/c1-12-6-7-16-14(10-12)11-15(18(23)20-13(2)19)17(21-16)22-8-4-3-5-9-22/h6-7,10-11H,3-5,8-9H2,1-2H3,(H2,19,20,23). The summed E-state index contributed by atoms with van der Waals surface area (Å²) in [7, 11) is 0. The molecular formula is C18H22N4O. The highest BCUT2D eigenvalue weighted by molar-refractivity contribution is 6.09. The number of fused-ring (bicyclic) bond motifs is 1. The SMILES string of the molecule is CC(=N)NC(=O)c1cc2cc(C)ccc2nc1N1CCCCC1. The molecule has 1 aromatic carbocycles. The number of carbonyl (C=O) groups excluding carboxylic acids is 1. The molecule has 120 valence electrons. The van der Waals surface area contributed by atoms with Gasteiger partial charge in [-0.05, 0) is 51.3 Å². The first-order valence-electron chi connectivity index (χ1n) is 8.07.